The summed E-state index contributed by atoms with van der Waals surface area (Å²) in [5, 5.41) is 177. The summed E-state index contributed by atoms with van der Waals surface area (Å²) in [5.74, 6) is -18.9. The molecule has 0 spiro atoms. The predicted octanol–water partition coefficient (Wildman–Crippen LogP) is 5.22. The van der Waals surface area contributed by atoms with Crippen molar-refractivity contribution in [2.45, 2.75) is 54.6 Å². The van der Waals surface area contributed by atoms with Gasteiger partial charge in [-0.15, -0.1) is 0 Å². The minimum absolute atomic E-state index is 0.0535. The number of fused-ring (bicyclic) bond motifs is 9. The van der Waals surface area contributed by atoms with Crippen molar-refractivity contribution in [2.24, 2.45) is 0 Å². The highest BCUT2D eigenvalue weighted by Crippen LogP contribution is 2.66. The van der Waals surface area contributed by atoms with Crippen LogP contribution in [0.2, 0.25) is 0 Å². The maximum absolute atomic E-state index is 14.4. The van der Waals surface area contributed by atoms with E-state index in [1.54, 1.807) is 0 Å². The van der Waals surface area contributed by atoms with Gasteiger partial charge < -0.3 is 105 Å². The largest absolute Gasteiger partial charge is 0.508 e. The Balaban J connectivity index is 1.20. The lowest BCUT2D eigenvalue weighted by molar-refractivity contribution is -0.219. The van der Waals surface area contributed by atoms with Crippen LogP contribution in [-0.4, -0.2) is 106 Å². The van der Waals surface area contributed by atoms with Crippen LogP contribution in [0.15, 0.2) is 91.0 Å². The number of phenols is 14. The molecule has 2 bridgehead atoms. The van der Waals surface area contributed by atoms with E-state index >= 15 is 0 Å². The van der Waals surface area contributed by atoms with E-state index in [1.807, 2.05) is 0 Å². The molecule has 8 unspecified atom stereocenters. The Hall–Kier alpha value is -9.67. The Kier molecular flexibility index (Phi) is 10.4. The molecule has 4 aliphatic rings. The number of rotatable bonds is 6. The molecule has 16 N–H and O–H groups in total. The number of aromatic hydroxyl groups is 14. The average molecular weight is 1020 g/mol. The quantitative estimate of drug-likeness (QED) is 0.0749. The van der Waals surface area contributed by atoms with E-state index < -0.39 is 146 Å². The lowest BCUT2D eigenvalue weighted by Gasteiger charge is -2.52. The van der Waals surface area contributed by atoms with Crippen molar-refractivity contribution in [3.8, 4) is 103 Å². The number of benzene rings is 7. The van der Waals surface area contributed by atoms with E-state index in [9.17, 15) is 86.5 Å². The molecular formula is C52H40O22. The molecule has 0 saturated carbocycles. The predicted molar refractivity (Wildman–Crippen MR) is 247 cm³/mol. The lowest BCUT2D eigenvalue weighted by Crippen LogP contribution is -2.59. The van der Waals surface area contributed by atoms with E-state index in [0.717, 1.165) is 72.8 Å². The first-order chi connectivity index (χ1) is 35.1. The van der Waals surface area contributed by atoms with Crippen molar-refractivity contribution in [2.75, 3.05) is 0 Å². The van der Waals surface area contributed by atoms with Gasteiger partial charge in [0.15, 0.2) is 64.0 Å². The van der Waals surface area contributed by atoms with Crippen LogP contribution in [-0.2, 0) is 16.9 Å². The molecule has 380 valence electrons. The van der Waals surface area contributed by atoms with Crippen LogP contribution in [0.3, 0.4) is 0 Å². The molecule has 0 aromatic heterocycles. The first-order valence-electron chi connectivity index (χ1n) is 22.3. The summed E-state index contributed by atoms with van der Waals surface area (Å²) in [7, 11) is 0. The fourth-order valence-corrected chi connectivity index (χ4v) is 10.3. The van der Waals surface area contributed by atoms with Gasteiger partial charge in [0, 0.05) is 64.1 Å². The molecule has 0 amide bonds. The molecule has 4 aliphatic heterocycles. The highest BCUT2D eigenvalue weighted by molar-refractivity contribution is 5.91. The van der Waals surface area contributed by atoms with Crippen molar-refractivity contribution in [1.29, 1.82) is 0 Å². The van der Waals surface area contributed by atoms with Crippen molar-refractivity contribution < 1.29 is 110 Å². The monoisotopic (exact) mass is 1020 g/mol. The Morgan fingerprint density at radius 2 is 1.03 bits per heavy atom. The maximum Gasteiger partial charge on any atom is 0.339 e. The van der Waals surface area contributed by atoms with E-state index in [1.165, 1.54) is 18.2 Å². The molecule has 4 heterocycles. The van der Waals surface area contributed by atoms with Gasteiger partial charge >= 0.3 is 11.8 Å². The van der Waals surface area contributed by atoms with Gasteiger partial charge in [-0.05, 0) is 65.7 Å². The Morgan fingerprint density at radius 3 is 1.65 bits per heavy atom. The molecule has 22 heteroatoms. The van der Waals surface area contributed by atoms with Gasteiger partial charge in [0.1, 0.15) is 64.0 Å². The lowest BCUT2D eigenvalue weighted by atomic mass is 9.71. The SMILES string of the molecule is O=C(OC1C2c3c(O)cc(O)cc3OC1(c1ccc(O)c(O)c1)Oc1cc(O)c3c(c12)OC(c1ccc(O)c(O)c1)C(O)C3c1c(O)cc(O)c2c1OC(c1ccc(O)c(O)c1)C(O)C2)c1cc(O)c(O)c(O)c1. The van der Waals surface area contributed by atoms with Crippen LogP contribution >= 0.6 is 0 Å². The summed E-state index contributed by atoms with van der Waals surface area (Å²) in [5.41, 5.74) is -2.06. The Labute approximate surface area is 414 Å². The third-order valence-corrected chi connectivity index (χ3v) is 13.7. The van der Waals surface area contributed by atoms with Gasteiger partial charge in [-0.25, -0.2) is 4.79 Å². The summed E-state index contributed by atoms with van der Waals surface area (Å²) in [6.45, 7) is 0. The van der Waals surface area contributed by atoms with Crippen molar-refractivity contribution in [3.63, 3.8) is 0 Å². The normalized spacial score (nSPS) is 23.0. The molecule has 7 aromatic carbocycles. The second-order valence-corrected chi connectivity index (χ2v) is 18.1. The van der Waals surface area contributed by atoms with Crippen LogP contribution in [0.25, 0.3) is 0 Å². The smallest absolute Gasteiger partial charge is 0.339 e. The topological polar surface area (TPSA) is 387 Å². The summed E-state index contributed by atoms with van der Waals surface area (Å²) in [4.78, 5) is 14.4. The van der Waals surface area contributed by atoms with Crippen LogP contribution in [0.5, 0.6) is 103 Å². The summed E-state index contributed by atoms with van der Waals surface area (Å²) >= 11 is 0. The second kappa shape index (κ2) is 16.4. The van der Waals surface area contributed by atoms with Crippen LogP contribution in [0.4, 0.5) is 0 Å². The standard InChI is InChI=1S/C52H40O22/c53-21-12-30(61)38-36(13-21)73-52(20-3-6-25(56)29(60)11-20)50(72-51(69)19-9-33(64)44(67)34(65)10-19)43(38)41-37(74-52)16-32(63)40-42(45(68)47(71-49(40)41)18-2-5-24(55)28(59)8-18)39-31(62)15-26(57)22-14-35(66)46(70-48(22)39)17-1-4-23(54)27(58)7-17/h1-13,15-16,35,42-43,45-47,50,53-68H,14H2. The van der Waals surface area contributed by atoms with Gasteiger partial charge in [-0.2, -0.15) is 0 Å². The van der Waals surface area contributed by atoms with Gasteiger partial charge in [0.25, 0.3) is 0 Å². The van der Waals surface area contributed by atoms with E-state index in [4.69, 9.17) is 23.7 Å². The fraction of sp³-hybridized carbons (Fsp3) is 0.173. The highest BCUT2D eigenvalue weighted by atomic mass is 16.7. The van der Waals surface area contributed by atoms with Crippen LogP contribution in [0, 0.1) is 0 Å². The molecule has 22 nitrogen and oxygen atoms in total. The van der Waals surface area contributed by atoms with E-state index in [0.29, 0.717) is 0 Å². The molecular weight excluding hydrogens is 977 g/mol. The van der Waals surface area contributed by atoms with Gasteiger partial charge in [0.05, 0.1) is 23.5 Å². The second-order valence-electron chi connectivity index (χ2n) is 18.1. The number of esters is 1. The van der Waals surface area contributed by atoms with E-state index in [-0.39, 0.29) is 68.2 Å². The first kappa shape index (κ1) is 46.7. The average Bonchev–Trinajstić information content (AvgIpc) is 3.35. The van der Waals surface area contributed by atoms with Crippen molar-refractivity contribution >= 4 is 5.97 Å². The third-order valence-electron chi connectivity index (χ3n) is 13.7. The van der Waals surface area contributed by atoms with E-state index in [2.05, 4.69) is 0 Å². The summed E-state index contributed by atoms with van der Waals surface area (Å²) in [6, 6.07) is 15.5. The fourth-order valence-electron chi connectivity index (χ4n) is 10.3. The minimum atomic E-state index is -2.58. The minimum Gasteiger partial charge on any atom is -0.508 e. The third kappa shape index (κ3) is 6.98. The molecule has 0 aliphatic carbocycles. The Morgan fingerprint density at radius 1 is 0.486 bits per heavy atom. The summed E-state index contributed by atoms with van der Waals surface area (Å²) in [6.07, 6.45) is -8.91. The number of carbonyl (C=O) groups is 1. The Bertz CT molecular complexity index is 3520. The van der Waals surface area contributed by atoms with Crippen molar-refractivity contribution in [3.05, 3.63) is 141 Å². The zero-order valence-corrected chi connectivity index (χ0v) is 37.5. The molecule has 8 atom stereocenters. The zero-order chi connectivity index (χ0) is 52.6. The summed E-state index contributed by atoms with van der Waals surface area (Å²) < 4.78 is 32.5. The maximum atomic E-state index is 14.4. The van der Waals surface area contributed by atoms with Gasteiger partial charge in [-0.3, -0.25) is 0 Å². The molecule has 0 saturated heterocycles. The number of hydrogen-bond donors (Lipinski definition) is 16. The molecule has 74 heavy (non-hydrogen) atoms. The first-order valence-corrected chi connectivity index (χ1v) is 22.3. The highest BCUT2D eigenvalue weighted by Gasteiger charge is 2.63. The number of phenolic OH excluding ortho intramolecular Hbond substituents is 14. The molecule has 11 rings (SSSR count). The number of hydrogen-bond acceptors (Lipinski definition) is 22. The number of aliphatic hydroxyl groups is 2. The molecule has 0 fully saturated rings. The van der Waals surface area contributed by atoms with Gasteiger partial charge in [0.2, 0.25) is 0 Å². The van der Waals surface area contributed by atoms with Crippen molar-refractivity contribution in [1.82, 2.24) is 0 Å². The number of aliphatic hydroxyl groups excluding tert-OH is 2. The number of ether oxygens (including phenoxy) is 5. The van der Waals surface area contributed by atoms with Crippen LogP contribution < -0.4 is 18.9 Å². The number of carbonyl (C=O) groups excluding carboxylic acids is 1. The van der Waals surface area contributed by atoms with Crippen LogP contribution in [0.1, 0.15) is 78.9 Å². The van der Waals surface area contributed by atoms with Gasteiger partial charge in [-0.1, -0.05) is 12.1 Å². The zero-order valence-electron chi connectivity index (χ0n) is 37.5. The molecule has 7 aromatic rings. The molecule has 0 radical (unpaired) electrons.